The van der Waals surface area contributed by atoms with Crippen molar-refractivity contribution in [2.24, 2.45) is 0 Å². The number of hydrogen-bond acceptors (Lipinski definition) is 4. The van der Waals surface area contributed by atoms with Gasteiger partial charge in [0.25, 0.3) is 5.56 Å². The number of fused-ring (bicyclic) bond motifs is 2. The quantitative estimate of drug-likeness (QED) is 0.533. The fourth-order valence-electron chi connectivity index (χ4n) is 3.33. The number of nitrogens with one attached hydrogen (secondary N) is 2. The Morgan fingerprint density at radius 2 is 2.07 bits per heavy atom. The van der Waals surface area contributed by atoms with Crippen LogP contribution in [0.25, 0.3) is 27.8 Å². The summed E-state index contributed by atoms with van der Waals surface area (Å²) in [5.74, 6) is 0.791. The van der Waals surface area contributed by atoms with E-state index in [1.807, 2.05) is 60.8 Å². The lowest BCUT2D eigenvalue weighted by Crippen LogP contribution is -2.13. The topological polar surface area (TPSA) is 71.4 Å². The van der Waals surface area contributed by atoms with Crippen LogP contribution in [0, 0.1) is 13.8 Å². The van der Waals surface area contributed by atoms with Gasteiger partial charge < -0.3 is 15.0 Å². The molecule has 3 heterocycles. The molecule has 6 heteroatoms. The highest BCUT2D eigenvalue weighted by atomic mass is 16.5. The van der Waals surface area contributed by atoms with Crippen LogP contribution in [0.3, 0.4) is 0 Å². The van der Waals surface area contributed by atoms with Crippen molar-refractivity contribution in [2.75, 3.05) is 25.6 Å². The Morgan fingerprint density at radius 3 is 2.89 bits per heavy atom. The number of rotatable bonds is 5. The van der Waals surface area contributed by atoms with E-state index in [-0.39, 0.29) is 5.56 Å². The lowest BCUT2D eigenvalue weighted by Gasteiger charge is -2.09. The van der Waals surface area contributed by atoms with E-state index >= 15 is 0 Å². The molecule has 4 rings (SSSR count). The summed E-state index contributed by atoms with van der Waals surface area (Å²) in [5.41, 5.74) is 4.86. The molecule has 0 radical (unpaired) electrons. The van der Waals surface area contributed by atoms with E-state index in [4.69, 9.17) is 9.72 Å². The summed E-state index contributed by atoms with van der Waals surface area (Å²) >= 11 is 0. The molecule has 138 valence electrons. The van der Waals surface area contributed by atoms with Crippen molar-refractivity contribution < 1.29 is 4.74 Å². The molecular weight excluding hydrogens is 340 g/mol. The summed E-state index contributed by atoms with van der Waals surface area (Å²) in [6, 6.07) is 11.9. The monoisotopic (exact) mass is 362 g/mol. The minimum Gasteiger partial charge on any atom is -0.383 e. The summed E-state index contributed by atoms with van der Waals surface area (Å²) < 4.78 is 7.12. The molecule has 0 spiro atoms. The number of pyridine rings is 2. The van der Waals surface area contributed by atoms with Gasteiger partial charge in [0, 0.05) is 19.9 Å². The number of benzene rings is 1. The zero-order valence-electron chi connectivity index (χ0n) is 15.7. The summed E-state index contributed by atoms with van der Waals surface area (Å²) in [5, 5.41) is 4.35. The molecule has 0 aliphatic heterocycles. The van der Waals surface area contributed by atoms with Crippen LogP contribution in [0.2, 0.25) is 0 Å². The van der Waals surface area contributed by atoms with Gasteiger partial charge in [0.05, 0.1) is 17.7 Å². The first-order valence-corrected chi connectivity index (χ1v) is 8.93. The van der Waals surface area contributed by atoms with Crippen molar-refractivity contribution in [3.05, 3.63) is 64.1 Å². The molecule has 6 nitrogen and oxygen atoms in total. The average Bonchev–Trinajstić information content (AvgIpc) is 3.00. The predicted octanol–water partition coefficient (Wildman–Crippen LogP) is 3.52. The van der Waals surface area contributed by atoms with Gasteiger partial charge in [0.1, 0.15) is 17.2 Å². The lowest BCUT2D eigenvalue weighted by atomic mass is 10.1. The van der Waals surface area contributed by atoms with Crippen LogP contribution >= 0.6 is 0 Å². The van der Waals surface area contributed by atoms with Gasteiger partial charge in [-0.3, -0.25) is 9.20 Å². The predicted molar refractivity (Wildman–Crippen MR) is 109 cm³/mol. The van der Waals surface area contributed by atoms with Gasteiger partial charge in [-0.25, -0.2) is 4.98 Å². The highest BCUT2D eigenvalue weighted by molar-refractivity contribution is 5.87. The molecule has 0 bridgehead atoms. The molecule has 4 aromatic rings. The molecule has 27 heavy (non-hydrogen) atoms. The molecule has 0 unspecified atom stereocenters. The van der Waals surface area contributed by atoms with Crippen LogP contribution in [0.1, 0.15) is 11.1 Å². The van der Waals surface area contributed by atoms with Crippen LogP contribution in [-0.2, 0) is 4.74 Å². The zero-order chi connectivity index (χ0) is 19.0. The van der Waals surface area contributed by atoms with E-state index in [0.717, 1.165) is 33.5 Å². The van der Waals surface area contributed by atoms with Crippen LogP contribution in [0.5, 0.6) is 0 Å². The van der Waals surface area contributed by atoms with Crippen molar-refractivity contribution in [3.63, 3.8) is 0 Å². The van der Waals surface area contributed by atoms with E-state index < -0.39 is 0 Å². The van der Waals surface area contributed by atoms with Gasteiger partial charge in [0.15, 0.2) is 0 Å². The van der Waals surface area contributed by atoms with Crippen molar-refractivity contribution in [1.29, 1.82) is 0 Å². The molecule has 1 aromatic carbocycles. The number of para-hydroxylation sites is 1. The van der Waals surface area contributed by atoms with Gasteiger partial charge in [-0.15, -0.1) is 0 Å². The fraction of sp³-hybridized carbons (Fsp3) is 0.238. The fourth-order valence-corrected chi connectivity index (χ4v) is 3.33. The third-order valence-electron chi connectivity index (χ3n) is 4.72. The highest BCUT2D eigenvalue weighted by Crippen LogP contribution is 2.29. The molecule has 0 aliphatic rings. The normalized spacial score (nSPS) is 11.4. The maximum absolute atomic E-state index is 12.9. The number of ether oxygens (including phenoxy) is 1. The zero-order valence-corrected chi connectivity index (χ0v) is 15.7. The smallest absolute Gasteiger partial charge is 0.258 e. The molecule has 0 saturated heterocycles. The van der Waals surface area contributed by atoms with Crippen LogP contribution in [-0.4, -0.2) is 34.6 Å². The van der Waals surface area contributed by atoms with E-state index in [1.165, 1.54) is 0 Å². The SMILES string of the molecule is COCCNc1c(-c2cc3cccc(C)c3[nH]c2=O)nc2cc(C)ccn12. The number of methoxy groups -OCH3 is 1. The molecule has 0 fully saturated rings. The van der Waals surface area contributed by atoms with Gasteiger partial charge in [-0.2, -0.15) is 0 Å². The third-order valence-corrected chi connectivity index (χ3v) is 4.72. The first-order chi connectivity index (χ1) is 13.1. The Balaban J connectivity index is 1.95. The molecule has 0 aliphatic carbocycles. The molecular formula is C21H22N4O2. The molecule has 0 amide bonds. The van der Waals surface area contributed by atoms with Crippen molar-refractivity contribution in [3.8, 4) is 11.3 Å². The summed E-state index contributed by atoms with van der Waals surface area (Å²) in [6.07, 6.45) is 1.97. The number of nitrogens with zero attached hydrogens (tertiary/aromatic N) is 2. The van der Waals surface area contributed by atoms with Gasteiger partial charge >= 0.3 is 0 Å². The van der Waals surface area contributed by atoms with Crippen molar-refractivity contribution in [1.82, 2.24) is 14.4 Å². The maximum atomic E-state index is 12.9. The van der Waals surface area contributed by atoms with E-state index in [1.54, 1.807) is 7.11 Å². The molecule has 2 N–H and O–H groups in total. The Hall–Kier alpha value is -3.12. The Kier molecular flexibility index (Phi) is 4.41. The summed E-state index contributed by atoms with van der Waals surface area (Å²) in [4.78, 5) is 20.6. The second-order valence-electron chi connectivity index (χ2n) is 6.71. The molecule has 3 aromatic heterocycles. The van der Waals surface area contributed by atoms with E-state index in [0.29, 0.717) is 24.4 Å². The second-order valence-corrected chi connectivity index (χ2v) is 6.71. The second kappa shape index (κ2) is 6.89. The summed E-state index contributed by atoms with van der Waals surface area (Å²) in [6.45, 7) is 5.20. The van der Waals surface area contributed by atoms with E-state index in [9.17, 15) is 4.79 Å². The standard InChI is InChI=1S/C21H22N4O2/c1-13-7-9-25-17(11-13)23-19(20(25)22-8-10-27-3)16-12-15-6-4-5-14(2)18(15)24-21(16)26/h4-7,9,11-12,22H,8,10H2,1-3H3,(H,24,26). The molecule has 0 atom stereocenters. The number of aryl methyl sites for hydroxylation is 2. The Labute approximate surface area is 156 Å². The Morgan fingerprint density at radius 1 is 1.22 bits per heavy atom. The summed E-state index contributed by atoms with van der Waals surface area (Å²) in [7, 11) is 1.66. The van der Waals surface area contributed by atoms with Crippen molar-refractivity contribution >= 4 is 22.4 Å². The van der Waals surface area contributed by atoms with Gasteiger partial charge in [-0.1, -0.05) is 18.2 Å². The molecule has 0 saturated carbocycles. The first-order valence-electron chi connectivity index (χ1n) is 8.93. The first kappa shape index (κ1) is 17.3. The van der Waals surface area contributed by atoms with Crippen LogP contribution in [0.15, 0.2) is 47.4 Å². The van der Waals surface area contributed by atoms with Crippen LogP contribution in [0.4, 0.5) is 5.82 Å². The van der Waals surface area contributed by atoms with Crippen molar-refractivity contribution in [2.45, 2.75) is 13.8 Å². The average molecular weight is 362 g/mol. The minimum absolute atomic E-state index is 0.147. The number of aromatic amines is 1. The highest BCUT2D eigenvalue weighted by Gasteiger charge is 2.17. The maximum Gasteiger partial charge on any atom is 0.258 e. The van der Waals surface area contributed by atoms with Gasteiger partial charge in [0.2, 0.25) is 0 Å². The largest absolute Gasteiger partial charge is 0.383 e. The minimum atomic E-state index is -0.147. The number of anilines is 1. The number of hydrogen-bond donors (Lipinski definition) is 2. The number of H-pyrrole nitrogens is 1. The Bertz CT molecular complexity index is 1190. The van der Waals surface area contributed by atoms with E-state index in [2.05, 4.69) is 10.3 Å². The number of imidazole rings is 1. The van der Waals surface area contributed by atoms with Gasteiger partial charge in [-0.05, 0) is 48.6 Å². The lowest BCUT2D eigenvalue weighted by molar-refractivity contribution is 0.210. The van der Waals surface area contributed by atoms with Crippen LogP contribution < -0.4 is 10.9 Å². The number of aromatic nitrogens is 3. The third kappa shape index (κ3) is 3.08.